The predicted molar refractivity (Wildman–Crippen MR) is 47.9 cm³/mol. The number of pyridine rings is 1. The van der Waals surface area contributed by atoms with Crippen molar-refractivity contribution in [2.24, 2.45) is 0 Å². The van der Waals surface area contributed by atoms with Crippen LogP contribution in [0.15, 0.2) is 22.7 Å². The second-order valence-electron chi connectivity index (χ2n) is 2.99. The summed E-state index contributed by atoms with van der Waals surface area (Å²) < 4.78 is 42.0. The van der Waals surface area contributed by atoms with Gasteiger partial charge in [0.1, 0.15) is 5.69 Å². The number of rotatable bonds is 2. The van der Waals surface area contributed by atoms with Gasteiger partial charge in [-0.1, -0.05) is 0 Å². The first-order valence-corrected chi connectivity index (χ1v) is 4.33. The number of alkyl halides is 3. The molecule has 2 aromatic rings. The summed E-state index contributed by atoms with van der Waals surface area (Å²) in [6, 6.07) is 1.59. The van der Waals surface area contributed by atoms with E-state index in [2.05, 4.69) is 15.2 Å². The van der Waals surface area contributed by atoms with Gasteiger partial charge in [0.05, 0.1) is 5.56 Å². The van der Waals surface area contributed by atoms with Crippen LogP contribution in [-0.4, -0.2) is 21.5 Å². The van der Waals surface area contributed by atoms with Gasteiger partial charge in [-0.25, -0.2) is 0 Å². The third-order valence-corrected chi connectivity index (χ3v) is 1.85. The highest BCUT2D eigenvalue weighted by atomic mass is 19.4. The third-order valence-electron chi connectivity index (χ3n) is 1.85. The minimum absolute atomic E-state index is 0.138. The lowest BCUT2D eigenvalue weighted by Gasteiger charge is -2.05. The van der Waals surface area contributed by atoms with E-state index in [1.807, 2.05) is 0 Å². The number of carbonyl (C=O) groups excluding carboxylic acids is 1. The Balaban J connectivity index is 2.42. The molecule has 17 heavy (non-hydrogen) atoms. The molecule has 0 spiro atoms. The van der Waals surface area contributed by atoms with Crippen molar-refractivity contribution in [2.45, 2.75) is 6.18 Å². The number of aromatic nitrogens is 3. The van der Waals surface area contributed by atoms with Crippen LogP contribution in [0.1, 0.15) is 16.2 Å². The van der Waals surface area contributed by atoms with Crippen LogP contribution in [0.25, 0.3) is 11.6 Å². The monoisotopic (exact) mass is 243 g/mol. The van der Waals surface area contributed by atoms with Gasteiger partial charge >= 0.3 is 6.18 Å². The fraction of sp³-hybridized carbons (Fsp3) is 0.111. The van der Waals surface area contributed by atoms with Crippen LogP contribution in [0.5, 0.6) is 0 Å². The number of hydrogen-bond acceptors (Lipinski definition) is 5. The molecular formula is C9H4F3N3O2. The molecular weight excluding hydrogens is 239 g/mol. The van der Waals surface area contributed by atoms with Crippen LogP contribution >= 0.6 is 0 Å². The van der Waals surface area contributed by atoms with Crippen LogP contribution in [0, 0.1) is 0 Å². The molecule has 0 aromatic carbocycles. The highest BCUT2D eigenvalue weighted by molar-refractivity contribution is 5.67. The summed E-state index contributed by atoms with van der Waals surface area (Å²) in [5.74, 6) is -0.558. The quantitative estimate of drug-likeness (QED) is 0.754. The molecule has 0 atom stereocenters. The Morgan fingerprint density at radius 1 is 1.29 bits per heavy atom. The van der Waals surface area contributed by atoms with Gasteiger partial charge in [-0.05, 0) is 12.1 Å². The van der Waals surface area contributed by atoms with E-state index >= 15 is 0 Å². The van der Waals surface area contributed by atoms with E-state index in [-0.39, 0.29) is 17.5 Å². The smallest absolute Gasteiger partial charge is 0.412 e. The lowest BCUT2D eigenvalue weighted by atomic mass is 10.2. The van der Waals surface area contributed by atoms with E-state index in [1.165, 1.54) is 0 Å². The maximum absolute atomic E-state index is 12.4. The Labute approximate surface area is 92.3 Å². The third kappa shape index (κ3) is 2.30. The Bertz CT molecular complexity index is 550. The van der Waals surface area contributed by atoms with Crippen LogP contribution < -0.4 is 0 Å². The fourth-order valence-electron chi connectivity index (χ4n) is 1.11. The molecule has 0 radical (unpaired) electrons. The van der Waals surface area contributed by atoms with Crippen LogP contribution in [0.4, 0.5) is 13.2 Å². The average molecular weight is 243 g/mol. The van der Waals surface area contributed by atoms with Crippen molar-refractivity contribution in [3.05, 3.63) is 29.8 Å². The van der Waals surface area contributed by atoms with Gasteiger partial charge < -0.3 is 4.42 Å². The first-order chi connectivity index (χ1) is 8.00. The molecule has 0 bridgehead atoms. The molecule has 0 aliphatic heterocycles. The second kappa shape index (κ2) is 3.96. The Morgan fingerprint density at radius 2 is 2.06 bits per heavy atom. The van der Waals surface area contributed by atoms with E-state index in [0.717, 1.165) is 18.3 Å². The maximum atomic E-state index is 12.4. The zero-order valence-electron chi connectivity index (χ0n) is 8.10. The molecule has 0 amide bonds. The first kappa shape index (κ1) is 11.2. The number of hydrogen-bond donors (Lipinski definition) is 0. The summed E-state index contributed by atoms with van der Waals surface area (Å²) in [6.45, 7) is 0. The van der Waals surface area contributed by atoms with Crippen molar-refractivity contribution in [3.8, 4) is 11.6 Å². The summed E-state index contributed by atoms with van der Waals surface area (Å²) in [4.78, 5) is 13.9. The van der Waals surface area contributed by atoms with Crippen molar-refractivity contribution in [3.63, 3.8) is 0 Å². The van der Waals surface area contributed by atoms with Crippen molar-refractivity contribution >= 4 is 6.29 Å². The highest BCUT2D eigenvalue weighted by Crippen LogP contribution is 2.30. The number of halogens is 3. The van der Waals surface area contributed by atoms with Gasteiger partial charge in [-0.15, -0.1) is 10.2 Å². The van der Waals surface area contributed by atoms with Crippen LogP contribution in [-0.2, 0) is 6.18 Å². The molecule has 88 valence electrons. The predicted octanol–water partition coefficient (Wildman–Crippen LogP) is 1.96. The topological polar surface area (TPSA) is 68.9 Å². The van der Waals surface area contributed by atoms with Gasteiger partial charge in [-0.3, -0.25) is 9.78 Å². The van der Waals surface area contributed by atoms with Crippen molar-refractivity contribution < 1.29 is 22.4 Å². The van der Waals surface area contributed by atoms with Gasteiger partial charge in [0.2, 0.25) is 6.29 Å². The molecule has 5 nitrogen and oxygen atoms in total. The zero-order chi connectivity index (χ0) is 12.5. The van der Waals surface area contributed by atoms with Crippen molar-refractivity contribution in [1.82, 2.24) is 15.2 Å². The van der Waals surface area contributed by atoms with Crippen molar-refractivity contribution in [1.29, 1.82) is 0 Å². The summed E-state index contributed by atoms with van der Waals surface area (Å²) in [7, 11) is 0. The highest BCUT2D eigenvalue weighted by Gasteiger charge is 2.31. The van der Waals surface area contributed by atoms with Gasteiger partial charge in [-0.2, -0.15) is 13.2 Å². The van der Waals surface area contributed by atoms with Crippen molar-refractivity contribution in [2.75, 3.05) is 0 Å². The average Bonchev–Trinajstić information content (AvgIpc) is 2.76. The molecule has 0 aliphatic carbocycles. The molecule has 0 saturated heterocycles. The molecule has 0 saturated carbocycles. The summed E-state index contributed by atoms with van der Waals surface area (Å²) >= 11 is 0. The van der Waals surface area contributed by atoms with E-state index in [9.17, 15) is 18.0 Å². The standard InChI is InChI=1S/C9H4F3N3O2/c10-9(11,12)5-1-2-13-6(3-5)8-15-14-7(4-16)17-8/h1-4H. The Hall–Kier alpha value is -2.25. The normalized spacial score (nSPS) is 11.5. The first-order valence-electron chi connectivity index (χ1n) is 4.33. The molecule has 2 heterocycles. The lowest BCUT2D eigenvalue weighted by Crippen LogP contribution is -2.05. The molecule has 0 fully saturated rings. The molecule has 2 aromatic heterocycles. The van der Waals surface area contributed by atoms with Crippen LogP contribution in [0.3, 0.4) is 0 Å². The Kier molecular flexibility index (Phi) is 2.62. The summed E-state index contributed by atoms with van der Waals surface area (Å²) in [5.41, 5.74) is -1.02. The zero-order valence-corrected chi connectivity index (χ0v) is 8.10. The molecule has 8 heteroatoms. The van der Waals surface area contributed by atoms with E-state index in [4.69, 9.17) is 4.42 Å². The molecule has 0 N–H and O–H groups in total. The molecule has 2 rings (SSSR count). The number of carbonyl (C=O) groups is 1. The van der Waals surface area contributed by atoms with E-state index in [0.29, 0.717) is 6.29 Å². The van der Waals surface area contributed by atoms with Crippen LogP contribution in [0.2, 0.25) is 0 Å². The number of nitrogens with zero attached hydrogens (tertiary/aromatic N) is 3. The van der Waals surface area contributed by atoms with E-state index < -0.39 is 11.7 Å². The fourth-order valence-corrected chi connectivity index (χ4v) is 1.11. The minimum Gasteiger partial charge on any atom is -0.412 e. The Morgan fingerprint density at radius 3 is 2.65 bits per heavy atom. The van der Waals surface area contributed by atoms with E-state index in [1.54, 1.807) is 0 Å². The largest absolute Gasteiger partial charge is 0.416 e. The molecule has 0 aliphatic rings. The van der Waals surface area contributed by atoms with Gasteiger partial charge in [0.15, 0.2) is 0 Å². The molecule has 0 unspecified atom stereocenters. The van der Waals surface area contributed by atoms with Gasteiger partial charge in [0.25, 0.3) is 11.8 Å². The summed E-state index contributed by atoms with van der Waals surface area (Å²) in [6.07, 6.45) is -3.21. The maximum Gasteiger partial charge on any atom is 0.416 e. The summed E-state index contributed by atoms with van der Waals surface area (Å²) in [5, 5.41) is 6.70. The van der Waals surface area contributed by atoms with Gasteiger partial charge in [0, 0.05) is 6.20 Å². The number of aldehydes is 1. The SMILES string of the molecule is O=Cc1nnc(-c2cc(C(F)(F)F)ccn2)o1. The second-order valence-corrected chi connectivity index (χ2v) is 2.99. The lowest BCUT2D eigenvalue weighted by molar-refractivity contribution is -0.137. The minimum atomic E-state index is -4.48.